The number of carbonyl (C=O) groups excluding carboxylic acids is 1. The molecule has 0 aliphatic carbocycles. The van der Waals surface area contributed by atoms with Crippen molar-refractivity contribution >= 4 is 5.91 Å². The Bertz CT molecular complexity index is 735. The quantitative estimate of drug-likeness (QED) is 0.734. The lowest BCUT2D eigenvalue weighted by atomic mass is 9.99. The van der Waals surface area contributed by atoms with Gasteiger partial charge in [0.1, 0.15) is 6.54 Å². The van der Waals surface area contributed by atoms with Crippen LogP contribution >= 0.6 is 0 Å². The van der Waals surface area contributed by atoms with Crippen molar-refractivity contribution < 1.29 is 4.79 Å². The molecule has 1 aliphatic rings. The number of nitrogens with zero attached hydrogens (tertiary/aromatic N) is 7. The van der Waals surface area contributed by atoms with Crippen molar-refractivity contribution in [2.45, 2.75) is 52.7 Å². The van der Waals surface area contributed by atoms with E-state index < -0.39 is 0 Å². The Morgan fingerprint density at radius 1 is 1.30 bits per heavy atom. The van der Waals surface area contributed by atoms with E-state index in [4.69, 9.17) is 0 Å². The number of likely N-dealkylation sites (N-methyl/N-ethyl adjacent to an activating group) is 1. The summed E-state index contributed by atoms with van der Waals surface area (Å²) >= 11 is 0. The Kier molecular flexibility index (Phi) is 6.49. The number of hydrogen-bond donors (Lipinski definition) is 0. The van der Waals surface area contributed by atoms with E-state index in [1.54, 1.807) is 16.6 Å². The van der Waals surface area contributed by atoms with Gasteiger partial charge in [0.25, 0.3) is 0 Å². The zero-order valence-corrected chi connectivity index (χ0v) is 16.5. The van der Waals surface area contributed by atoms with Gasteiger partial charge < -0.3 is 4.90 Å². The van der Waals surface area contributed by atoms with Gasteiger partial charge in [-0.3, -0.25) is 14.7 Å². The van der Waals surface area contributed by atoms with Crippen LogP contribution in [-0.2, 0) is 30.8 Å². The highest BCUT2D eigenvalue weighted by Crippen LogP contribution is 2.17. The van der Waals surface area contributed by atoms with E-state index in [0.717, 1.165) is 36.9 Å². The molecule has 0 N–H and O–H groups in total. The van der Waals surface area contributed by atoms with E-state index >= 15 is 0 Å². The Morgan fingerprint density at radius 2 is 2.07 bits per heavy atom. The van der Waals surface area contributed by atoms with Crippen molar-refractivity contribution in [3.8, 4) is 0 Å². The molecule has 0 atom stereocenters. The highest BCUT2D eigenvalue weighted by molar-refractivity contribution is 5.75. The maximum Gasteiger partial charge on any atom is 0.244 e. The zero-order chi connectivity index (χ0) is 19.2. The van der Waals surface area contributed by atoms with Gasteiger partial charge >= 0.3 is 0 Å². The van der Waals surface area contributed by atoms with E-state index in [0.29, 0.717) is 13.1 Å². The fourth-order valence-corrected chi connectivity index (χ4v) is 3.22. The second-order valence-corrected chi connectivity index (χ2v) is 7.47. The van der Waals surface area contributed by atoms with Gasteiger partial charge in [-0.15, -0.1) is 5.10 Å². The molecule has 146 valence electrons. The Labute approximate surface area is 160 Å². The predicted molar refractivity (Wildman–Crippen MR) is 102 cm³/mol. The van der Waals surface area contributed by atoms with E-state index in [2.05, 4.69) is 45.3 Å². The molecule has 0 spiro atoms. The van der Waals surface area contributed by atoms with Crippen molar-refractivity contribution in [3.63, 3.8) is 0 Å². The second-order valence-electron chi connectivity index (χ2n) is 7.47. The van der Waals surface area contributed by atoms with Crippen LogP contribution in [0.4, 0.5) is 0 Å². The maximum absolute atomic E-state index is 12.6. The first-order valence-corrected chi connectivity index (χ1v) is 9.70. The lowest BCUT2D eigenvalue weighted by Crippen LogP contribution is -2.35. The summed E-state index contributed by atoms with van der Waals surface area (Å²) in [6.07, 6.45) is 5.23. The largest absolute Gasteiger partial charge is 0.338 e. The molecule has 0 saturated carbocycles. The van der Waals surface area contributed by atoms with Gasteiger partial charge in [-0.05, 0) is 60.3 Å². The summed E-state index contributed by atoms with van der Waals surface area (Å²) in [6, 6.07) is 4.03. The van der Waals surface area contributed by atoms with Gasteiger partial charge in [-0.25, -0.2) is 4.68 Å². The van der Waals surface area contributed by atoms with Crippen molar-refractivity contribution in [2.75, 3.05) is 20.1 Å². The van der Waals surface area contributed by atoms with Crippen LogP contribution < -0.4 is 0 Å². The molecule has 0 aromatic carbocycles. The number of pyridine rings is 1. The van der Waals surface area contributed by atoms with E-state index in [1.165, 1.54) is 18.4 Å². The van der Waals surface area contributed by atoms with Crippen LogP contribution in [0.15, 0.2) is 18.3 Å². The number of aromatic nitrogens is 5. The minimum Gasteiger partial charge on any atom is -0.338 e. The average molecular weight is 371 g/mol. The Hall–Kier alpha value is -2.35. The average Bonchev–Trinajstić information content (AvgIpc) is 3.10. The summed E-state index contributed by atoms with van der Waals surface area (Å²) in [4.78, 5) is 21.0. The first kappa shape index (κ1) is 19.4. The summed E-state index contributed by atoms with van der Waals surface area (Å²) in [5, 5.41) is 11.9. The summed E-state index contributed by atoms with van der Waals surface area (Å²) in [6.45, 7) is 7.82. The molecule has 0 radical (unpaired) electrons. The van der Waals surface area contributed by atoms with Gasteiger partial charge in [0, 0.05) is 13.2 Å². The van der Waals surface area contributed by atoms with Gasteiger partial charge in [0.15, 0.2) is 5.82 Å². The molecule has 8 heteroatoms. The fourth-order valence-electron chi connectivity index (χ4n) is 3.22. The summed E-state index contributed by atoms with van der Waals surface area (Å²) in [7, 11) is 1.79. The minimum absolute atomic E-state index is 0.0304. The third-order valence-corrected chi connectivity index (χ3v) is 5.25. The van der Waals surface area contributed by atoms with E-state index in [9.17, 15) is 4.79 Å². The molecule has 0 bridgehead atoms. The van der Waals surface area contributed by atoms with Crippen LogP contribution in [0.25, 0.3) is 0 Å². The Balaban J connectivity index is 1.55. The second kappa shape index (κ2) is 9.03. The third kappa shape index (κ3) is 5.32. The molecule has 8 nitrogen and oxygen atoms in total. The number of hydrogen-bond acceptors (Lipinski definition) is 6. The SMILES string of the molecule is CCc1ccc(CN(C)C(=O)Cn2nnnc2CN2CCC(C)CC2)nc1. The van der Waals surface area contributed by atoms with Crippen molar-refractivity contribution in [1.29, 1.82) is 0 Å². The number of aryl methyl sites for hydroxylation is 1. The van der Waals surface area contributed by atoms with Gasteiger partial charge in [0.05, 0.1) is 18.8 Å². The maximum atomic E-state index is 12.6. The number of likely N-dealkylation sites (tertiary alicyclic amines) is 1. The molecule has 1 saturated heterocycles. The van der Waals surface area contributed by atoms with Crippen LogP contribution in [0.1, 0.15) is 43.8 Å². The molecule has 3 rings (SSSR count). The smallest absolute Gasteiger partial charge is 0.244 e. The van der Waals surface area contributed by atoms with Crippen LogP contribution in [0.2, 0.25) is 0 Å². The molecular weight excluding hydrogens is 342 g/mol. The van der Waals surface area contributed by atoms with E-state index in [1.807, 2.05) is 12.3 Å². The zero-order valence-electron chi connectivity index (χ0n) is 16.5. The first-order chi connectivity index (χ1) is 13.0. The first-order valence-electron chi connectivity index (χ1n) is 9.70. The lowest BCUT2D eigenvalue weighted by Gasteiger charge is -2.29. The summed E-state index contributed by atoms with van der Waals surface area (Å²) < 4.78 is 1.62. The van der Waals surface area contributed by atoms with Crippen molar-refractivity contribution in [2.24, 2.45) is 5.92 Å². The standard InChI is InChI=1S/C19H29N7O/c1-4-16-5-6-17(20-11-16)12-24(3)19(27)14-26-18(21-22-23-26)13-25-9-7-15(2)8-10-25/h5-6,11,15H,4,7-10,12-14H2,1-3H3. The number of rotatable bonds is 7. The van der Waals surface area contributed by atoms with E-state index in [-0.39, 0.29) is 12.5 Å². The molecule has 2 aromatic heterocycles. The summed E-state index contributed by atoms with van der Waals surface area (Å²) in [5.74, 6) is 1.50. The van der Waals surface area contributed by atoms with Crippen LogP contribution in [0.3, 0.4) is 0 Å². The normalized spacial score (nSPS) is 15.8. The van der Waals surface area contributed by atoms with Crippen molar-refractivity contribution in [3.05, 3.63) is 35.4 Å². The minimum atomic E-state index is -0.0304. The fraction of sp³-hybridized carbons (Fsp3) is 0.632. The predicted octanol–water partition coefficient (Wildman–Crippen LogP) is 1.52. The van der Waals surface area contributed by atoms with Gasteiger partial charge in [-0.1, -0.05) is 19.9 Å². The number of piperidine rings is 1. The highest BCUT2D eigenvalue weighted by atomic mass is 16.2. The topological polar surface area (TPSA) is 80.0 Å². The van der Waals surface area contributed by atoms with Crippen LogP contribution in [0.5, 0.6) is 0 Å². The monoisotopic (exact) mass is 371 g/mol. The third-order valence-electron chi connectivity index (χ3n) is 5.25. The summed E-state index contributed by atoms with van der Waals surface area (Å²) in [5.41, 5.74) is 2.07. The number of tetrazole rings is 1. The van der Waals surface area contributed by atoms with Gasteiger partial charge in [0.2, 0.25) is 5.91 Å². The molecule has 1 fully saturated rings. The highest BCUT2D eigenvalue weighted by Gasteiger charge is 2.20. The van der Waals surface area contributed by atoms with Gasteiger partial charge in [-0.2, -0.15) is 0 Å². The number of carbonyl (C=O) groups is 1. The molecule has 0 unspecified atom stereocenters. The molecule has 1 aliphatic heterocycles. The Morgan fingerprint density at radius 3 is 2.74 bits per heavy atom. The molecule has 3 heterocycles. The lowest BCUT2D eigenvalue weighted by molar-refractivity contribution is -0.131. The molecule has 27 heavy (non-hydrogen) atoms. The van der Waals surface area contributed by atoms with Crippen LogP contribution in [0, 0.1) is 5.92 Å². The molecule has 2 aromatic rings. The van der Waals surface area contributed by atoms with Crippen molar-refractivity contribution in [1.82, 2.24) is 35.0 Å². The molecule has 1 amide bonds. The van der Waals surface area contributed by atoms with Crippen LogP contribution in [-0.4, -0.2) is 61.0 Å². The molecular formula is C19H29N7O. The number of amides is 1.